The second-order valence-corrected chi connectivity index (χ2v) is 16.1. The first-order valence-electron chi connectivity index (χ1n) is 20.3. The summed E-state index contributed by atoms with van der Waals surface area (Å²) in [5, 5.41) is 44.9. The van der Waals surface area contributed by atoms with Crippen LogP contribution in [0.25, 0.3) is 0 Å². The van der Waals surface area contributed by atoms with Gasteiger partial charge in [-0.2, -0.15) is 0 Å². The van der Waals surface area contributed by atoms with Gasteiger partial charge < -0.3 is 63.2 Å². The van der Waals surface area contributed by atoms with E-state index >= 15 is 0 Å². The third kappa shape index (κ3) is 13.8. The molecule has 16 nitrogen and oxygen atoms in total. The third-order valence-electron chi connectivity index (χ3n) is 11.0. The van der Waals surface area contributed by atoms with Gasteiger partial charge in [0.25, 0.3) is 0 Å². The number of carbonyl (C=O) groups excluding carboxylic acids is 3. The summed E-state index contributed by atoms with van der Waals surface area (Å²) in [7, 11) is 4.91. The van der Waals surface area contributed by atoms with Crippen molar-refractivity contribution in [3.63, 3.8) is 0 Å². The molecule has 4 N–H and O–H groups in total. The zero-order chi connectivity index (χ0) is 42.6. The number of carbonyl (C=O) groups is 3. The van der Waals surface area contributed by atoms with Gasteiger partial charge in [-0.3, -0.25) is 14.4 Å². The van der Waals surface area contributed by atoms with E-state index in [2.05, 4.69) is 0 Å². The monoisotopic (exact) mass is 815 g/mol. The fraction of sp³-hybridized carbons (Fsp3) is 0.829. The quantitative estimate of drug-likeness (QED) is 0.165. The third-order valence-corrected chi connectivity index (χ3v) is 11.0. The summed E-state index contributed by atoms with van der Waals surface area (Å²) in [6, 6.07) is -0.758. The molecule has 0 aromatic carbocycles. The first-order valence-corrected chi connectivity index (χ1v) is 20.3. The number of likely N-dealkylation sites (N-methyl/N-ethyl adjacent to an activating group) is 1. The second kappa shape index (κ2) is 22.7. The Morgan fingerprint density at radius 3 is 2.21 bits per heavy atom. The van der Waals surface area contributed by atoms with E-state index in [9.17, 15) is 34.8 Å². The lowest BCUT2D eigenvalue weighted by Crippen LogP contribution is -2.66. The molecule has 0 aliphatic carbocycles. The van der Waals surface area contributed by atoms with Gasteiger partial charge in [-0.15, -0.1) is 0 Å². The van der Waals surface area contributed by atoms with Crippen LogP contribution in [0.15, 0.2) is 24.3 Å². The maximum atomic E-state index is 13.3. The molecule has 3 rings (SSSR count). The molecule has 16 heteroatoms. The van der Waals surface area contributed by atoms with E-state index in [-0.39, 0.29) is 44.6 Å². The van der Waals surface area contributed by atoms with Crippen molar-refractivity contribution >= 4 is 17.9 Å². The van der Waals surface area contributed by atoms with Crippen LogP contribution >= 0.6 is 0 Å². The molecule has 2 saturated heterocycles. The van der Waals surface area contributed by atoms with Gasteiger partial charge in [0.15, 0.2) is 18.7 Å². The molecule has 0 amide bonds. The summed E-state index contributed by atoms with van der Waals surface area (Å²) in [6.45, 7) is 11.6. The molecule has 3 aliphatic rings. The predicted molar refractivity (Wildman–Crippen MR) is 206 cm³/mol. The molecular formula is C41H69NO15. The zero-order valence-electron chi connectivity index (χ0n) is 35.4. The first-order chi connectivity index (χ1) is 26.9. The van der Waals surface area contributed by atoms with Gasteiger partial charge in [0.05, 0.1) is 36.9 Å². The first kappa shape index (κ1) is 48.9. The minimum absolute atomic E-state index is 0.0155. The lowest BCUT2D eigenvalue weighted by molar-refractivity contribution is -0.344. The molecule has 0 saturated carbocycles. The summed E-state index contributed by atoms with van der Waals surface area (Å²) >= 11 is 0. The molecule has 328 valence electrons. The number of nitrogens with zero attached hydrogens (tertiary/aromatic N) is 1. The molecule has 0 radical (unpaired) electrons. The van der Waals surface area contributed by atoms with Crippen LogP contribution in [0.5, 0.6) is 0 Å². The molecular weight excluding hydrogens is 746 g/mol. The average Bonchev–Trinajstić information content (AvgIpc) is 3.13. The van der Waals surface area contributed by atoms with Crippen LogP contribution in [0, 0.1) is 11.8 Å². The number of allylic oxidation sites excluding steroid dienone is 2. The van der Waals surface area contributed by atoms with Crippen LogP contribution < -0.4 is 0 Å². The Morgan fingerprint density at radius 2 is 1.61 bits per heavy atom. The second-order valence-electron chi connectivity index (χ2n) is 16.1. The SMILES string of the molecule is CCC(=O)OC1CC(=O)OC(C)CC=CC=CC(O)C(C)CC(CCO)C(O[C@H]2O[C@H](C)[C@@H](O[C@H]3C[C@](C)(O)[C@H](OC(=O)CC)[C@@H](C)O3)[C@H](N(C)C)[C@H]2O)C1OC. The van der Waals surface area contributed by atoms with Crippen LogP contribution in [0.3, 0.4) is 0 Å². The maximum absolute atomic E-state index is 13.3. The van der Waals surface area contributed by atoms with E-state index in [0.717, 1.165) is 0 Å². The average molecular weight is 816 g/mol. The van der Waals surface area contributed by atoms with Gasteiger partial charge >= 0.3 is 17.9 Å². The number of cyclic esters (lactones) is 1. The Kier molecular flexibility index (Phi) is 19.5. The van der Waals surface area contributed by atoms with E-state index < -0.39 is 109 Å². The summed E-state index contributed by atoms with van der Waals surface area (Å²) < 4.78 is 48.7. The molecule has 3 heterocycles. The number of rotatable bonds is 12. The topological polar surface area (TPSA) is 209 Å². The van der Waals surface area contributed by atoms with E-state index in [4.69, 9.17) is 37.9 Å². The van der Waals surface area contributed by atoms with Crippen molar-refractivity contribution in [2.24, 2.45) is 11.8 Å². The number of methoxy groups -OCH3 is 1. The summed E-state index contributed by atoms with van der Waals surface area (Å²) in [4.78, 5) is 40.0. The van der Waals surface area contributed by atoms with Crippen molar-refractivity contribution < 1.29 is 72.7 Å². The highest BCUT2D eigenvalue weighted by Gasteiger charge is 2.53. The van der Waals surface area contributed by atoms with Gasteiger partial charge in [-0.1, -0.05) is 45.1 Å². The van der Waals surface area contributed by atoms with E-state index in [1.54, 1.807) is 78.8 Å². The smallest absolute Gasteiger partial charge is 0.309 e. The number of hydrogen-bond donors (Lipinski definition) is 4. The highest BCUT2D eigenvalue weighted by Crippen LogP contribution is 2.38. The van der Waals surface area contributed by atoms with Crippen LogP contribution in [0.2, 0.25) is 0 Å². The summed E-state index contributed by atoms with van der Waals surface area (Å²) in [5.41, 5.74) is -1.48. The minimum Gasteiger partial charge on any atom is -0.462 e. The van der Waals surface area contributed by atoms with Crippen molar-refractivity contribution in [1.82, 2.24) is 4.90 Å². The molecule has 0 spiro atoms. The standard InChI is InChI=1S/C41H69NO15/c1-11-30(45)54-29-21-32(47)51-24(4)16-14-13-15-17-28(44)23(3)20-27(18-19-43)37(38(29)50-10)57-40-35(48)34(42(8)9)36(25(5)53-40)56-33-22-41(7,49)39(26(6)52-33)55-31(46)12-2/h13-15,17,23-29,33-40,43-44,48-49H,11-12,16,18-22H2,1-10H3/t23?,24?,25-,26-,27?,28?,29?,33+,34-,35-,36-,37?,38?,39-,40-,41+/m1/s1. The normalized spacial score (nSPS) is 40.1. The molecule has 2 fully saturated rings. The van der Waals surface area contributed by atoms with Crippen molar-refractivity contribution in [1.29, 1.82) is 0 Å². The summed E-state index contributed by atoms with van der Waals surface area (Å²) in [5.74, 6) is -2.61. The molecule has 0 aromatic rings. The number of esters is 3. The summed E-state index contributed by atoms with van der Waals surface area (Å²) in [6.07, 6.45) is -4.02. The minimum atomic E-state index is -1.48. The van der Waals surface area contributed by atoms with Gasteiger partial charge in [0.1, 0.15) is 36.1 Å². The van der Waals surface area contributed by atoms with Gasteiger partial charge in [0.2, 0.25) is 0 Å². The predicted octanol–water partition coefficient (Wildman–Crippen LogP) is 2.56. The molecule has 0 aromatic heterocycles. The Hall–Kier alpha value is -2.51. The Balaban J connectivity index is 2.01. The lowest BCUT2D eigenvalue weighted by Gasteiger charge is -2.50. The van der Waals surface area contributed by atoms with Gasteiger partial charge in [-0.05, 0) is 66.5 Å². The molecule has 0 bridgehead atoms. The number of aliphatic hydroxyl groups excluding tert-OH is 3. The molecule has 57 heavy (non-hydrogen) atoms. The van der Waals surface area contributed by atoms with E-state index in [1.165, 1.54) is 7.11 Å². The largest absolute Gasteiger partial charge is 0.462 e. The number of aliphatic hydroxyl groups is 4. The fourth-order valence-electron chi connectivity index (χ4n) is 7.91. The van der Waals surface area contributed by atoms with Crippen molar-refractivity contribution in [3.8, 4) is 0 Å². The number of ether oxygens (including phenoxy) is 8. The molecule has 7 unspecified atom stereocenters. The lowest BCUT2D eigenvalue weighted by atomic mass is 9.82. The Labute approximate surface area is 337 Å². The van der Waals surface area contributed by atoms with E-state index in [0.29, 0.717) is 12.8 Å². The highest BCUT2D eigenvalue weighted by molar-refractivity contribution is 5.72. The Morgan fingerprint density at radius 1 is 0.947 bits per heavy atom. The molecule has 3 aliphatic heterocycles. The van der Waals surface area contributed by atoms with Crippen molar-refractivity contribution in [3.05, 3.63) is 24.3 Å². The highest BCUT2D eigenvalue weighted by atomic mass is 16.7. The van der Waals surface area contributed by atoms with Crippen molar-refractivity contribution in [2.75, 3.05) is 27.8 Å². The maximum Gasteiger partial charge on any atom is 0.309 e. The van der Waals surface area contributed by atoms with Gasteiger partial charge in [-0.25, -0.2) is 0 Å². The fourth-order valence-corrected chi connectivity index (χ4v) is 7.91. The van der Waals surface area contributed by atoms with Crippen LogP contribution in [-0.4, -0.2) is 156 Å². The van der Waals surface area contributed by atoms with Crippen LogP contribution in [-0.2, 0) is 52.3 Å². The van der Waals surface area contributed by atoms with Crippen LogP contribution in [0.4, 0.5) is 0 Å². The van der Waals surface area contributed by atoms with Gasteiger partial charge in [0, 0.05) is 39.4 Å². The number of hydrogen-bond acceptors (Lipinski definition) is 16. The molecule has 16 atom stereocenters. The Bertz CT molecular complexity index is 1320. The van der Waals surface area contributed by atoms with E-state index in [1.807, 2.05) is 13.0 Å². The van der Waals surface area contributed by atoms with Crippen LogP contribution in [0.1, 0.15) is 93.4 Å². The zero-order valence-corrected chi connectivity index (χ0v) is 35.4. The van der Waals surface area contributed by atoms with Crippen molar-refractivity contribution in [2.45, 2.75) is 179 Å².